The third-order valence-electron chi connectivity index (χ3n) is 5.67. The van der Waals surface area contributed by atoms with E-state index in [2.05, 4.69) is 15.3 Å². The van der Waals surface area contributed by atoms with Gasteiger partial charge in [-0.1, -0.05) is 120 Å². The molecule has 1 amide bonds. The quantitative estimate of drug-likeness (QED) is 0.153. The van der Waals surface area contributed by atoms with E-state index in [1.807, 2.05) is 97.1 Å². The minimum absolute atomic E-state index is 0.00564. The fourth-order valence-corrected chi connectivity index (χ4v) is 4.28. The third-order valence-corrected chi connectivity index (χ3v) is 6.22. The zero-order valence-corrected chi connectivity index (χ0v) is 22.0. The van der Waals surface area contributed by atoms with Crippen LogP contribution in [-0.4, -0.2) is 27.3 Å². The van der Waals surface area contributed by atoms with E-state index in [4.69, 9.17) is 28.2 Å². The van der Waals surface area contributed by atoms with Crippen molar-refractivity contribution < 1.29 is 4.79 Å². The molecule has 0 unspecified atom stereocenters. The van der Waals surface area contributed by atoms with Crippen LogP contribution in [0.5, 0.6) is 0 Å². The van der Waals surface area contributed by atoms with Gasteiger partial charge in [-0.25, -0.2) is 4.98 Å². The van der Waals surface area contributed by atoms with Gasteiger partial charge < -0.3 is 0 Å². The summed E-state index contributed by atoms with van der Waals surface area (Å²) in [6.07, 6.45) is 5.09. The second-order valence-corrected chi connectivity index (χ2v) is 9.16. The zero-order chi connectivity index (χ0) is 27.0. The number of hydrogen-bond acceptors (Lipinski definition) is 5. The Labute approximate surface area is 235 Å². The Bertz CT molecular complexity index is 1640. The van der Waals surface area contributed by atoms with Crippen LogP contribution in [0.4, 0.5) is 5.95 Å². The topological polar surface area (TPSA) is 71.3 Å². The number of halogens is 2. The first-order valence-corrected chi connectivity index (χ1v) is 12.8. The first-order valence-electron chi connectivity index (χ1n) is 12.0. The van der Waals surface area contributed by atoms with Crippen LogP contribution in [0.2, 0.25) is 10.0 Å². The van der Waals surface area contributed by atoms with Crippen LogP contribution in [0.1, 0.15) is 15.9 Å². The molecule has 6 nitrogen and oxygen atoms in total. The SMILES string of the molecule is O=C(c1ccc(Cl)cc1Cl)N(/N=C\C=C\c1ccccc1)c1nnc(-c2ccccc2)c(-c2ccccc2)n1. The van der Waals surface area contributed by atoms with E-state index in [0.717, 1.165) is 21.7 Å². The van der Waals surface area contributed by atoms with E-state index >= 15 is 0 Å². The maximum atomic E-state index is 13.7. The molecule has 0 saturated carbocycles. The molecule has 4 aromatic carbocycles. The highest BCUT2D eigenvalue weighted by molar-refractivity contribution is 6.37. The number of anilines is 1. The van der Waals surface area contributed by atoms with Gasteiger partial charge in [0.15, 0.2) is 0 Å². The van der Waals surface area contributed by atoms with Gasteiger partial charge in [-0.05, 0) is 29.8 Å². The largest absolute Gasteiger partial charge is 0.282 e. The average molecular weight is 550 g/mol. The molecule has 39 heavy (non-hydrogen) atoms. The number of benzene rings is 4. The van der Waals surface area contributed by atoms with Crippen LogP contribution in [0.3, 0.4) is 0 Å². The molecule has 0 spiro atoms. The molecular formula is C31H21Cl2N5O. The van der Waals surface area contributed by atoms with Crippen molar-refractivity contribution in [3.05, 3.63) is 136 Å². The predicted molar refractivity (Wildman–Crippen MR) is 158 cm³/mol. The normalized spacial score (nSPS) is 11.2. The molecule has 1 aromatic heterocycles. The molecule has 0 N–H and O–H groups in total. The number of aromatic nitrogens is 3. The molecule has 190 valence electrons. The van der Waals surface area contributed by atoms with Crippen molar-refractivity contribution in [2.75, 3.05) is 5.01 Å². The minimum atomic E-state index is -0.533. The summed E-state index contributed by atoms with van der Waals surface area (Å²) in [6, 6.07) is 33.6. The van der Waals surface area contributed by atoms with Gasteiger partial charge in [0.25, 0.3) is 11.9 Å². The van der Waals surface area contributed by atoms with Crippen LogP contribution in [0.25, 0.3) is 28.6 Å². The summed E-state index contributed by atoms with van der Waals surface area (Å²) < 4.78 is 0. The number of rotatable bonds is 7. The predicted octanol–water partition coefficient (Wildman–Crippen LogP) is 7.86. The molecule has 0 radical (unpaired) electrons. The average Bonchev–Trinajstić information content (AvgIpc) is 2.98. The van der Waals surface area contributed by atoms with E-state index in [-0.39, 0.29) is 16.5 Å². The molecule has 0 aliphatic rings. The standard InChI is InChI=1S/C31H21Cl2N5O/c32-25-18-19-26(27(33)21-25)30(39)38(34-20-10-13-22-11-4-1-5-12-22)31-35-28(23-14-6-2-7-15-23)29(36-37-31)24-16-8-3-9-17-24/h1-21H/b13-10+,34-20-. The van der Waals surface area contributed by atoms with E-state index in [1.165, 1.54) is 12.3 Å². The lowest BCUT2D eigenvalue weighted by molar-refractivity contribution is 0.0986. The summed E-state index contributed by atoms with van der Waals surface area (Å²) in [5.74, 6) is -0.539. The van der Waals surface area contributed by atoms with Gasteiger partial charge in [0.2, 0.25) is 0 Å². The lowest BCUT2D eigenvalue weighted by atomic mass is 10.0. The van der Waals surface area contributed by atoms with Crippen molar-refractivity contribution in [3.8, 4) is 22.5 Å². The van der Waals surface area contributed by atoms with Gasteiger partial charge >= 0.3 is 0 Å². The van der Waals surface area contributed by atoms with Crippen LogP contribution < -0.4 is 5.01 Å². The summed E-state index contributed by atoms with van der Waals surface area (Å²) in [7, 11) is 0. The Kier molecular flexibility index (Phi) is 8.17. The summed E-state index contributed by atoms with van der Waals surface area (Å²) in [4.78, 5) is 18.5. The monoisotopic (exact) mass is 549 g/mol. The number of carbonyl (C=O) groups excluding carboxylic acids is 1. The Hall–Kier alpha value is -4.65. The molecule has 0 saturated heterocycles. The Balaban J connectivity index is 1.60. The molecule has 0 bridgehead atoms. The second-order valence-electron chi connectivity index (χ2n) is 8.32. The fraction of sp³-hybridized carbons (Fsp3) is 0. The van der Waals surface area contributed by atoms with Gasteiger partial charge in [-0.2, -0.15) is 10.1 Å². The smallest absolute Gasteiger partial charge is 0.267 e. The summed E-state index contributed by atoms with van der Waals surface area (Å²) in [5, 5.41) is 14.9. The van der Waals surface area contributed by atoms with Crippen molar-refractivity contribution in [2.45, 2.75) is 0 Å². The molecule has 5 aromatic rings. The summed E-state index contributed by atoms with van der Waals surface area (Å²) in [5.41, 5.74) is 3.98. The molecule has 0 atom stereocenters. The lowest BCUT2D eigenvalue weighted by Crippen LogP contribution is -2.28. The Morgan fingerprint density at radius 2 is 1.36 bits per heavy atom. The number of nitrogens with zero attached hydrogens (tertiary/aromatic N) is 5. The van der Waals surface area contributed by atoms with Gasteiger partial charge in [0.1, 0.15) is 11.4 Å². The summed E-state index contributed by atoms with van der Waals surface area (Å²) in [6.45, 7) is 0. The first kappa shape index (κ1) is 26.0. The number of hydrogen-bond donors (Lipinski definition) is 0. The molecule has 0 aliphatic heterocycles. The van der Waals surface area contributed by atoms with Gasteiger partial charge in [-0.15, -0.1) is 10.2 Å². The highest BCUT2D eigenvalue weighted by Crippen LogP contribution is 2.30. The fourth-order valence-electron chi connectivity index (χ4n) is 3.79. The Morgan fingerprint density at radius 3 is 2.00 bits per heavy atom. The number of carbonyl (C=O) groups is 1. The van der Waals surface area contributed by atoms with Gasteiger partial charge in [0, 0.05) is 22.4 Å². The zero-order valence-electron chi connectivity index (χ0n) is 20.5. The number of hydrazone groups is 1. The van der Waals surface area contributed by atoms with Crippen molar-refractivity contribution in [1.29, 1.82) is 0 Å². The van der Waals surface area contributed by atoms with E-state index in [9.17, 15) is 4.79 Å². The van der Waals surface area contributed by atoms with Crippen molar-refractivity contribution >= 4 is 47.3 Å². The molecule has 0 fully saturated rings. The molecular weight excluding hydrogens is 529 g/mol. The first-order chi connectivity index (χ1) is 19.1. The van der Waals surface area contributed by atoms with E-state index in [1.54, 1.807) is 18.2 Å². The van der Waals surface area contributed by atoms with Gasteiger partial charge in [-0.3, -0.25) is 4.79 Å². The van der Waals surface area contributed by atoms with Crippen molar-refractivity contribution in [2.24, 2.45) is 5.10 Å². The molecule has 5 rings (SSSR count). The van der Waals surface area contributed by atoms with E-state index in [0.29, 0.717) is 16.4 Å². The molecule has 1 heterocycles. The van der Waals surface area contributed by atoms with Crippen LogP contribution in [0.15, 0.2) is 120 Å². The lowest BCUT2D eigenvalue weighted by Gasteiger charge is -2.17. The van der Waals surface area contributed by atoms with Crippen LogP contribution >= 0.6 is 23.2 Å². The van der Waals surface area contributed by atoms with Gasteiger partial charge in [0.05, 0.1) is 10.6 Å². The summed E-state index contributed by atoms with van der Waals surface area (Å²) >= 11 is 12.4. The Morgan fingerprint density at radius 1 is 0.744 bits per heavy atom. The molecule has 8 heteroatoms. The van der Waals surface area contributed by atoms with Crippen LogP contribution in [0, 0.1) is 0 Å². The third kappa shape index (κ3) is 6.26. The van der Waals surface area contributed by atoms with E-state index < -0.39 is 5.91 Å². The minimum Gasteiger partial charge on any atom is -0.267 e. The highest BCUT2D eigenvalue weighted by Gasteiger charge is 2.24. The van der Waals surface area contributed by atoms with Crippen molar-refractivity contribution in [3.63, 3.8) is 0 Å². The van der Waals surface area contributed by atoms with Crippen molar-refractivity contribution in [1.82, 2.24) is 15.2 Å². The maximum Gasteiger partial charge on any atom is 0.282 e. The number of amides is 1. The molecule has 0 aliphatic carbocycles. The maximum absolute atomic E-state index is 13.7. The van der Waals surface area contributed by atoms with Crippen LogP contribution in [-0.2, 0) is 0 Å². The highest BCUT2D eigenvalue weighted by atomic mass is 35.5. The second kappa shape index (κ2) is 12.3. The number of allylic oxidation sites excluding steroid dienone is 1.